The van der Waals surface area contributed by atoms with Gasteiger partial charge >= 0.3 is 6.03 Å². The molecule has 0 unspecified atom stereocenters. The van der Waals surface area contributed by atoms with E-state index in [-0.39, 0.29) is 12.8 Å². The van der Waals surface area contributed by atoms with Crippen molar-refractivity contribution in [1.29, 1.82) is 0 Å². The summed E-state index contributed by atoms with van der Waals surface area (Å²) in [6.07, 6.45) is 4.24. The molecule has 134 valence electrons. The minimum Gasteiger partial charge on any atom is -0.471 e. The second kappa shape index (κ2) is 8.40. The Morgan fingerprint density at radius 2 is 1.92 bits per heavy atom. The lowest BCUT2D eigenvalue weighted by Crippen LogP contribution is -2.19. The highest BCUT2D eigenvalue weighted by atomic mass is 35.5. The molecule has 26 heavy (non-hydrogen) atoms. The average Bonchev–Trinajstić information content (AvgIpc) is 3.07. The molecule has 0 atom stereocenters. The number of nitrogens with one attached hydrogen (secondary N) is 2. The summed E-state index contributed by atoms with van der Waals surface area (Å²) in [7, 11) is 0. The molecule has 0 fully saturated rings. The van der Waals surface area contributed by atoms with E-state index in [2.05, 4.69) is 22.7 Å². The summed E-state index contributed by atoms with van der Waals surface area (Å²) >= 11 is 5.90. The Balaban J connectivity index is 1.51. The van der Waals surface area contributed by atoms with Crippen molar-refractivity contribution < 1.29 is 9.53 Å². The number of anilines is 2. The summed E-state index contributed by atoms with van der Waals surface area (Å²) < 4.78 is 7.28. The molecule has 7 heteroatoms. The van der Waals surface area contributed by atoms with Crippen LogP contribution in [0.25, 0.3) is 0 Å². The van der Waals surface area contributed by atoms with Gasteiger partial charge in [-0.25, -0.2) is 9.48 Å². The molecular weight excluding hydrogens is 352 g/mol. The number of benzene rings is 2. The number of carbonyl (C=O) groups excluding carboxylic acids is 1. The van der Waals surface area contributed by atoms with E-state index in [1.54, 1.807) is 41.3 Å². The molecule has 2 N–H and O–H groups in total. The van der Waals surface area contributed by atoms with Crippen LogP contribution in [0, 0.1) is 0 Å². The molecule has 0 aliphatic carbocycles. The zero-order valence-corrected chi connectivity index (χ0v) is 15.0. The van der Waals surface area contributed by atoms with Gasteiger partial charge in [0.1, 0.15) is 5.75 Å². The van der Waals surface area contributed by atoms with Gasteiger partial charge in [0.05, 0.1) is 18.1 Å². The van der Waals surface area contributed by atoms with Gasteiger partial charge in [0, 0.05) is 10.7 Å². The van der Waals surface area contributed by atoms with Gasteiger partial charge in [0.2, 0.25) is 0 Å². The fourth-order valence-electron chi connectivity index (χ4n) is 2.32. The first-order valence-electron chi connectivity index (χ1n) is 8.20. The second-order valence-electron chi connectivity index (χ2n) is 5.63. The van der Waals surface area contributed by atoms with Crippen LogP contribution in [-0.2, 0) is 13.2 Å². The molecule has 6 nitrogen and oxygen atoms in total. The molecule has 0 aliphatic heterocycles. The highest BCUT2D eigenvalue weighted by Gasteiger charge is 2.05. The predicted octanol–water partition coefficient (Wildman–Crippen LogP) is 4.78. The lowest BCUT2D eigenvalue weighted by atomic mass is 10.2. The van der Waals surface area contributed by atoms with Gasteiger partial charge < -0.3 is 15.4 Å². The zero-order valence-electron chi connectivity index (χ0n) is 14.3. The molecule has 0 saturated heterocycles. The first kappa shape index (κ1) is 17.8. The summed E-state index contributed by atoms with van der Waals surface area (Å²) in [6.45, 7) is 2.36. The normalized spacial score (nSPS) is 10.4. The van der Waals surface area contributed by atoms with Crippen molar-refractivity contribution in [3.05, 3.63) is 71.5 Å². The molecule has 0 radical (unpaired) electrons. The predicted molar refractivity (Wildman–Crippen MR) is 103 cm³/mol. The van der Waals surface area contributed by atoms with Crippen LogP contribution < -0.4 is 15.4 Å². The number of urea groups is 1. The molecule has 2 amide bonds. The highest BCUT2D eigenvalue weighted by molar-refractivity contribution is 6.30. The molecule has 0 spiro atoms. The number of halogens is 1. The summed E-state index contributed by atoms with van der Waals surface area (Å²) in [5, 5.41) is 10.1. The second-order valence-corrected chi connectivity index (χ2v) is 6.07. The van der Waals surface area contributed by atoms with E-state index in [9.17, 15) is 4.79 Å². The van der Waals surface area contributed by atoms with Crippen LogP contribution in [0.5, 0.6) is 5.75 Å². The van der Waals surface area contributed by atoms with Gasteiger partial charge in [-0.1, -0.05) is 36.7 Å². The molecule has 2 aromatic carbocycles. The number of aryl methyl sites for hydroxylation is 1. The van der Waals surface area contributed by atoms with E-state index in [4.69, 9.17) is 16.3 Å². The maximum Gasteiger partial charge on any atom is 0.323 e. The third-order valence-electron chi connectivity index (χ3n) is 3.67. The molecule has 1 heterocycles. The largest absolute Gasteiger partial charge is 0.471 e. The number of rotatable bonds is 6. The number of aromatic nitrogens is 2. The Morgan fingerprint density at radius 1 is 1.15 bits per heavy atom. The molecule has 1 aromatic heterocycles. The number of amides is 2. The monoisotopic (exact) mass is 370 g/mol. The number of hydrogen-bond donors (Lipinski definition) is 2. The van der Waals surface area contributed by atoms with Crippen LogP contribution in [0.15, 0.2) is 60.9 Å². The van der Waals surface area contributed by atoms with Gasteiger partial charge in [0.25, 0.3) is 0 Å². The van der Waals surface area contributed by atoms with E-state index < -0.39 is 0 Å². The Kier molecular flexibility index (Phi) is 5.76. The van der Waals surface area contributed by atoms with Crippen LogP contribution >= 0.6 is 11.6 Å². The maximum atomic E-state index is 12.0. The fraction of sp³-hybridized carbons (Fsp3) is 0.158. The van der Waals surface area contributed by atoms with E-state index in [1.165, 1.54) is 5.56 Å². The Labute approximate surface area is 156 Å². The van der Waals surface area contributed by atoms with Crippen molar-refractivity contribution in [3.8, 4) is 5.75 Å². The third kappa shape index (κ3) is 5.00. The van der Waals surface area contributed by atoms with Crippen molar-refractivity contribution in [2.75, 3.05) is 10.6 Å². The summed E-state index contributed by atoms with van der Waals surface area (Å²) in [6, 6.07) is 14.5. The summed E-state index contributed by atoms with van der Waals surface area (Å²) in [4.78, 5) is 12.0. The SMILES string of the molecule is CCc1ccc(OCn2cc(NC(=O)Nc3cccc(Cl)c3)cn2)cc1. The van der Waals surface area contributed by atoms with Crippen LogP contribution in [0.4, 0.5) is 16.2 Å². The lowest BCUT2D eigenvalue weighted by molar-refractivity contribution is 0.221. The van der Waals surface area contributed by atoms with Crippen molar-refractivity contribution in [3.63, 3.8) is 0 Å². The standard InChI is InChI=1S/C19H19ClN4O2/c1-2-14-6-8-18(9-7-14)26-13-24-12-17(11-21-24)23-19(25)22-16-5-3-4-15(20)10-16/h3-12H,2,13H2,1H3,(H2,22,23,25). The van der Waals surface area contributed by atoms with Crippen LogP contribution in [0.1, 0.15) is 12.5 Å². The minimum atomic E-state index is -0.372. The number of hydrogen-bond acceptors (Lipinski definition) is 3. The van der Waals surface area contributed by atoms with E-state index in [0.717, 1.165) is 12.2 Å². The van der Waals surface area contributed by atoms with Crippen molar-refractivity contribution >= 4 is 29.0 Å². The quantitative estimate of drug-likeness (QED) is 0.656. The fourth-order valence-corrected chi connectivity index (χ4v) is 2.51. The van der Waals surface area contributed by atoms with Gasteiger partial charge in [-0.2, -0.15) is 5.10 Å². The van der Waals surface area contributed by atoms with E-state index in [0.29, 0.717) is 16.4 Å². The Hall–Kier alpha value is -2.99. The van der Waals surface area contributed by atoms with Crippen LogP contribution in [-0.4, -0.2) is 15.8 Å². The van der Waals surface area contributed by atoms with Crippen molar-refractivity contribution in [1.82, 2.24) is 9.78 Å². The van der Waals surface area contributed by atoms with Gasteiger partial charge in [-0.3, -0.25) is 0 Å². The lowest BCUT2D eigenvalue weighted by Gasteiger charge is -2.07. The Morgan fingerprint density at radius 3 is 2.65 bits per heavy atom. The zero-order chi connectivity index (χ0) is 18.4. The van der Waals surface area contributed by atoms with Gasteiger partial charge in [-0.15, -0.1) is 0 Å². The average molecular weight is 371 g/mol. The topological polar surface area (TPSA) is 68.2 Å². The first-order valence-corrected chi connectivity index (χ1v) is 8.58. The summed E-state index contributed by atoms with van der Waals surface area (Å²) in [5.41, 5.74) is 2.43. The van der Waals surface area contributed by atoms with E-state index >= 15 is 0 Å². The number of ether oxygens (including phenoxy) is 1. The molecular formula is C19H19ClN4O2. The van der Waals surface area contributed by atoms with E-state index in [1.807, 2.05) is 24.3 Å². The highest BCUT2D eigenvalue weighted by Crippen LogP contribution is 2.16. The van der Waals surface area contributed by atoms with Crippen LogP contribution in [0.2, 0.25) is 5.02 Å². The van der Waals surface area contributed by atoms with Crippen LogP contribution in [0.3, 0.4) is 0 Å². The molecule has 0 bridgehead atoms. The smallest absolute Gasteiger partial charge is 0.323 e. The summed E-state index contributed by atoms with van der Waals surface area (Å²) in [5.74, 6) is 0.769. The third-order valence-corrected chi connectivity index (χ3v) is 3.90. The number of carbonyl (C=O) groups is 1. The van der Waals surface area contributed by atoms with Crippen molar-refractivity contribution in [2.24, 2.45) is 0 Å². The first-order chi connectivity index (χ1) is 12.6. The van der Waals surface area contributed by atoms with Gasteiger partial charge in [0.15, 0.2) is 6.73 Å². The van der Waals surface area contributed by atoms with Gasteiger partial charge in [-0.05, 0) is 42.3 Å². The number of nitrogens with zero attached hydrogens (tertiary/aromatic N) is 2. The Bertz CT molecular complexity index is 877. The maximum absolute atomic E-state index is 12.0. The van der Waals surface area contributed by atoms with Crippen molar-refractivity contribution in [2.45, 2.75) is 20.1 Å². The minimum absolute atomic E-state index is 0.253. The molecule has 0 saturated carbocycles. The molecule has 3 aromatic rings. The molecule has 3 rings (SSSR count). The molecule has 0 aliphatic rings.